The molecule has 0 saturated carbocycles. The number of benzene rings is 2. The number of nitrogens with one attached hydrogen (secondary N) is 1. The molecule has 0 aliphatic carbocycles. The Morgan fingerprint density at radius 2 is 1.54 bits per heavy atom. The molecule has 3 aromatic rings. The number of aromatic nitrogens is 2. The van der Waals surface area contributed by atoms with E-state index in [0.717, 1.165) is 11.1 Å². The van der Waals surface area contributed by atoms with Crippen LogP contribution in [0.5, 0.6) is 0 Å². The third kappa shape index (κ3) is 2.99. The van der Waals surface area contributed by atoms with Crippen LogP contribution < -0.4 is 5.32 Å². The van der Waals surface area contributed by atoms with E-state index in [1.165, 1.54) is 4.68 Å². The van der Waals surface area contributed by atoms with Gasteiger partial charge in [0.15, 0.2) is 0 Å². The Bertz CT molecular complexity index is 805. The average Bonchev–Trinajstić information content (AvgIpc) is 2.87. The smallest absolute Gasteiger partial charge is 0.333 e. The molecule has 122 valence electrons. The molecule has 0 aliphatic heterocycles. The zero-order valence-electron chi connectivity index (χ0n) is 13.5. The average molecular weight is 322 g/mol. The molecule has 6 heteroatoms. The summed E-state index contributed by atoms with van der Waals surface area (Å²) < 4.78 is 1.52. The Hall–Kier alpha value is -3.15. The highest BCUT2D eigenvalue weighted by Crippen LogP contribution is 2.33. The van der Waals surface area contributed by atoms with Gasteiger partial charge in [-0.15, -0.1) is 0 Å². The van der Waals surface area contributed by atoms with Gasteiger partial charge in [0.1, 0.15) is 5.69 Å². The summed E-state index contributed by atoms with van der Waals surface area (Å²) in [7, 11) is 1.70. The van der Waals surface area contributed by atoms with Crippen molar-refractivity contribution in [1.29, 1.82) is 0 Å². The van der Waals surface area contributed by atoms with E-state index in [1.807, 2.05) is 60.7 Å². The first-order valence-electron chi connectivity index (χ1n) is 7.62. The molecule has 0 bridgehead atoms. The van der Waals surface area contributed by atoms with E-state index in [0.29, 0.717) is 11.5 Å². The maximum Gasteiger partial charge on any atom is 0.333 e. The lowest BCUT2D eigenvalue weighted by atomic mass is 9.99. The first-order chi connectivity index (χ1) is 11.6. The Morgan fingerprint density at radius 1 is 1.04 bits per heavy atom. The molecule has 3 rings (SSSR count). The number of anilines is 1. The van der Waals surface area contributed by atoms with Crippen molar-refractivity contribution in [2.45, 2.75) is 13.0 Å². The second kappa shape index (κ2) is 6.54. The standard InChI is InChI=1S/C18H18N4O2/c1-13-17(22(23)24)18(21(2)20-13)19-16(14-9-5-3-6-10-14)15-11-7-4-8-12-15/h3-12,16,19H,1-2H3. The first kappa shape index (κ1) is 15.7. The first-order valence-corrected chi connectivity index (χ1v) is 7.62. The largest absolute Gasteiger partial charge is 0.354 e. The number of nitro groups is 1. The van der Waals surface area contributed by atoms with Crippen LogP contribution in [0.25, 0.3) is 0 Å². The van der Waals surface area contributed by atoms with Crippen molar-refractivity contribution >= 4 is 11.5 Å². The highest BCUT2D eigenvalue weighted by molar-refractivity contribution is 5.61. The molecule has 0 atom stereocenters. The van der Waals surface area contributed by atoms with Gasteiger partial charge in [-0.3, -0.25) is 10.1 Å². The van der Waals surface area contributed by atoms with Crippen molar-refractivity contribution in [2.75, 3.05) is 5.32 Å². The van der Waals surface area contributed by atoms with Gasteiger partial charge >= 0.3 is 5.69 Å². The molecule has 6 nitrogen and oxygen atoms in total. The van der Waals surface area contributed by atoms with Crippen LogP contribution in [0.1, 0.15) is 22.9 Å². The molecule has 2 aromatic carbocycles. The maximum atomic E-state index is 11.4. The molecule has 1 aromatic heterocycles. The number of aryl methyl sites for hydroxylation is 2. The third-order valence-electron chi connectivity index (χ3n) is 3.92. The summed E-state index contributed by atoms with van der Waals surface area (Å²) in [5.41, 5.74) is 2.45. The summed E-state index contributed by atoms with van der Waals surface area (Å²) in [4.78, 5) is 11.0. The summed E-state index contributed by atoms with van der Waals surface area (Å²) in [6.45, 7) is 1.64. The summed E-state index contributed by atoms with van der Waals surface area (Å²) in [5.74, 6) is 0.398. The van der Waals surface area contributed by atoms with Crippen LogP contribution in [0.2, 0.25) is 0 Å². The third-order valence-corrected chi connectivity index (χ3v) is 3.92. The van der Waals surface area contributed by atoms with E-state index in [1.54, 1.807) is 14.0 Å². The minimum absolute atomic E-state index is 0.00867. The fourth-order valence-electron chi connectivity index (χ4n) is 2.81. The Morgan fingerprint density at radius 3 is 2.00 bits per heavy atom. The monoisotopic (exact) mass is 322 g/mol. The van der Waals surface area contributed by atoms with Gasteiger partial charge in [-0.25, -0.2) is 4.68 Å². The van der Waals surface area contributed by atoms with Gasteiger partial charge in [0.25, 0.3) is 0 Å². The fraction of sp³-hybridized carbons (Fsp3) is 0.167. The summed E-state index contributed by atoms with van der Waals surface area (Å²) in [6.07, 6.45) is 0. The number of nitrogens with zero attached hydrogens (tertiary/aromatic N) is 3. The van der Waals surface area contributed by atoms with Crippen LogP contribution in [0.4, 0.5) is 11.5 Å². The molecular formula is C18H18N4O2. The van der Waals surface area contributed by atoms with Crippen LogP contribution in [0, 0.1) is 17.0 Å². The predicted octanol–water partition coefficient (Wildman–Crippen LogP) is 3.84. The second-order valence-corrected chi connectivity index (χ2v) is 5.56. The molecule has 0 spiro atoms. The van der Waals surface area contributed by atoms with Gasteiger partial charge < -0.3 is 5.32 Å². The lowest BCUT2D eigenvalue weighted by Gasteiger charge is -2.20. The van der Waals surface area contributed by atoms with Gasteiger partial charge in [0.05, 0.1) is 11.0 Å². The normalized spacial score (nSPS) is 10.8. The van der Waals surface area contributed by atoms with Gasteiger partial charge in [-0.1, -0.05) is 60.7 Å². The molecule has 0 fully saturated rings. The predicted molar refractivity (Wildman–Crippen MR) is 92.9 cm³/mol. The molecule has 24 heavy (non-hydrogen) atoms. The summed E-state index contributed by atoms with van der Waals surface area (Å²) in [6, 6.07) is 19.5. The van der Waals surface area contributed by atoms with Crippen molar-refractivity contribution in [3.05, 3.63) is 87.6 Å². The van der Waals surface area contributed by atoms with Crippen LogP contribution in [0.15, 0.2) is 60.7 Å². The van der Waals surface area contributed by atoms with E-state index >= 15 is 0 Å². The van der Waals surface area contributed by atoms with E-state index in [-0.39, 0.29) is 11.7 Å². The van der Waals surface area contributed by atoms with Gasteiger partial charge in [-0.2, -0.15) is 5.10 Å². The number of hydrogen-bond acceptors (Lipinski definition) is 4. The van der Waals surface area contributed by atoms with Crippen molar-refractivity contribution in [1.82, 2.24) is 9.78 Å². The number of hydrogen-bond donors (Lipinski definition) is 1. The SMILES string of the molecule is Cc1nn(C)c(NC(c2ccccc2)c2ccccc2)c1[N+](=O)[O-]. The Balaban J connectivity index is 2.08. The van der Waals surface area contributed by atoms with Gasteiger partial charge in [-0.05, 0) is 18.1 Å². The summed E-state index contributed by atoms with van der Waals surface area (Å²) >= 11 is 0. The maximum absolute atomic E-state index is 11.4. The van der Waals surface area contributed by atoms with Crippen LogP contribution >= 0.6 is 0 Å². The topological polar surface area (TPSA) is 73.0 Å². The second-order valence-electron chi connectivity index (χ2n) is 5.56. The molecule has 0 radical (unpaired) electrons. The minimum atomic E-state index is -0.391. The van der Waals surface area contributed by atoms with Crippen molar-refractivity contribution in [2.24, 2.45) is 7.05 Å². The van der Waals surface area contributed by atoms with Gasteiger partial charge in [0.2, 0.25) is 5.82 Å². The minimum Gasteiger partial charge on any atom is -0.354 e. The van der Waals surface area contributed by atoms with Crippen molar-refractivity contribution < 1.29 is 4.92 Å². The zero-order chi connectivity index (χ0) is 17.1. The quantitative estimate of drug-likeness (QED) is 0.572. The highest BCUT2D eigenvalue weighted by atomic mass is 16.6. The Kier molecular flexibility index (Phi) is 4.29. The molecule has 0 unspecified atom stereocenters. The van der Waals surface area contributed by atoms with Crippen LogP contribution in [-0.4, -0.2) is 14.7 Å². The molecule has 0 aliphatic rings. The Labute approximate surface area is 139 Å². The zero-order valence-corrected chi connectivity index (χ0v) is 13.5. The molecule has 1 N–H and O–H groups in total. The van der Waals surface area contributed by atoms with Crippen molar-refractivity contribution in [3.63, 3.8) is 0 Å². The van der Waals surface area contributed by atoms with Crippen LogP contribution in [-0.2, 0) is 7.05 Å². The highest BCUT2D eigenvalue weighted by Gasteiger charge is 2.27. The van der Waals surface area contributed by atoms with Crippen molar-refractivity contribution in [3.8, 4) is 0 Å². The molecule has 1 heterocycles. The lowest BCUT2D eigenvalue weighted by Crippen LogP contribution is -2.15. The lowest BCUT2D eigenvalue weighted by molar-refractivity contribution is -0.384. The van der Waals surface area contributed by atoms with E-state index in [2.05, 4.69) is 10.4 Å². The van der Waals surface area contributed by atoms with Crippen LogP contribution in [0.3, 0.4) is 0 Å². The molecule has 0 saturated heterocycles. The molecule has 0 amide bonds. The van der Waals surface area contributed by atoms with E-state index < -0.39 is 4.92 Å². The number of rotatable bonds is 5. The molecular weight excluding hydrogens is 304 g/mol. The summed E-state index contributed by atoms with van der Waals surface area (Å²) in [5, 5.41) is 18.9. The fourth-order valence-corrected chi connectivity index (χ4v) is 2.81. The van der Waals surface area contributed by atoms with Gasteiger partial charge in [0, 0.05) is 7.05 Å². The van der Waals surface area contributed by atoms with E-state index in [9.17, 15) is 10.1 Å². The van der Waals surface area contributed by atoms with E-state index in [4.69, 9.17) is 0 Å².